The van der Waals surface area contributed by atoms with E-state index in [9.17, 15) is 0 Å². The van der Waals surface area contributed by atoms with Crippen molar-refractivity contribution in [2.24, 2.45) is 22.7 Å². The minimum absolute atomic E-state index is 0.361. The zero-order valence-electron chi connectivity index (χ0n) is 4.83. The number of hydrogen-bond acceptors (Lipinski definition) is 2. The minimum atomic E-state index is 0.361. The first-order chi connectivity index (χ1) is 3.75. The molecule has 1 saturated carbocycles. The Hall–Kier alpha value is -0.730. The summed E-state index contributed by atoms with van der Waals surface area (Å²) >= 11 is 0. The Bertz CT molecular complexity index is 122. The van der Waals surface area contributed by atoms with Crippen molar-refractivity contribution in [3.05, 3.63) is 0 Å². The van der Waals surface area contributed by atoms with Crippen molar-refractivity contribution in [3.8, 4) is 0 Å². The molecule has 0 saturated heterocycles. The fourth-order valence-corrected chi connectivity index (χ4v) is 0.808. The highest BCUT2D eigenvalue weighted by molar-refractivity contribution is 5.84. The van der Waals surface area contributed by atoms with Crippen LogP contribution in [-0.4, -0.2) is 11.0 Å². The fraction of sp³-hybridized carbons (Fsp3) is 0.800. The van der Waals surface area contributed by atoms with E-state index >= 15 is 0 Å². The third-order valence-electron chi connectivity index (χ3n) is 1.60. The molecule has 0 bridgehead atoms. The molecule has 3 N–H and O–H groups in total. The molecular formula is C5H10N2O. The zero-order valence-corrected chi connectivity index (χ0v) is 4.83. The predicted molar refractivity (Wildman–Crippen MR) is 30.7 cm³/mol. The van der Waals surface area contributed by atoms with Crippen LogP contribution in [0.2, 0.25) is 0 Å². The molecule has 0 aromatic carbocycles. The molecule has 3 nitrogen and oxygen atoms in total. The van der Waals surface area contributed by atoms with Crippen molar-refractivity contribution in [1.29, 1.82) is 0 Å². The molecule has 0 amide bonds. The summed E-state index contributed by atoms with van der Waals surface area (Å²) in [5, 5.41) is 11.0. The maximum Gasteiger partial charge on any atom is 0.142 e. The van der Waals surface area contributed by atoms with Crippen LogP contribution >= 0.6 is 0 Å². The molecule has 1 aliphatic carbocycles. The average molecular weight is 114 g/mol. The van der Waals surface area contributed by atoms with Gasteiger partial charge in [-0.2, -0.15) is 0 Å². The first kappa shape index (κ1) is 5.41. The van der Waals surface area contributed by atoms with Crippen molar-refractivity contribution in [3.63, 3.8) is 0 Å². The molecule has 0 heterocycles. The molecule has 0 radical (unpaired) electrons. The summed E-state index contributed by atoms with van der Waals surface area (Å²) in [6, 6.07) is 0. The molecule has 3 heteroatoms. The molecule has 46 valence electrons. The second kappa shape index (κ2) is 1.65. The maximum atomic E-state index is 8.13. The van der Waals surface area contributed by atoms with Crippen molar-refractivity contribution >= 4 is 5.84 Å². The summed E-state index contributed by atoms with van der Waals surface area (Å²) < 4.78 is 0. The van der Waals surface area contributed by atoms with Crippen molar-refractivity contribution < 1.29 is 5.21 Å². The van der Waals surface area contributed by atoms with Crippen LogP contribution in [0.3, 0.4) is 0 Å². The first-order valence-corrected chi connectivity index (χ1v) is 2.73. The third-order valence-corrected chi connectivity index (χ3v) is 1.60. The molecular weight excluding hydrogens is 104 g/mol. The lowest BCUT2D eigenvalue weighted by molar-refractivity contribution is 0.316. The molecule has 0 spiro atoms. The van der Waals surface area contributed by atoms with E-state index < -0.39 is 0 Å². The van der Waals surface area contributed by atoms with Gasteiger partial charge in [-0.05, 0) is 12.3 Å². The van der Waals surface area contributed by atoms with Crippen LogP contribution in [0.1, 0.15) is 13.3 Å². The van der Waals surface area contributed by atoms with Gasteiger partial charge < -0.3 is 10.9 Å². The predicted octanol–water partition coefficient (Wildman–Crippen LogP) is 0.389. The van der Waals surface area contributed by atoms with E-state index in [4.69, 9.17) is 10.9 Å². The summed E-state index contributed by atoms with van der Waals surface area (Å²) in [4.78, 5) is 0. The summed E-state index contributed by atoms with van der Waals surface area (Å²) in [5.41, 5.74) is 5.27. The van der Waals surface area contributed by atoms with Crippen LogP contribution in [0, 0.1) is 11.8 Å². The summed E-state index contributed by atoms with van der Waals surface area (Å²) in [7, 11) is 0. The van der Waals surface area contributed by atoms with Crippen LogP contribution in [0.15, 0.2) is 5.16 Å². The van der Waals surface area contributed by atoms with E-state index in [1.165, 1.54) is 0 Å². The highest BCUT2D eigenvalue weighted by Gasteiger charge is 2.36. The summed E-state index contributed by atoms with van der Waals surface area (Å²) in [6.07, 6.45) is 1.08. The molecule has 0 aromatic rings. The maximum absolute atomic E-state index is 8.13. The van der Waals surface area contributed by atoms with Crippen LogP contribution in [0.5, 0.6) is 0 Å². The Balaban J connectivity index is 2.39. The van der Waals surface area contributed by atoms with Gasteiger partial charge in [0.2, 0.25) is 0 Å². The van der Waals surface area contributed by atoms with Gasteiger partial charge in [-0.3, -0.25) is 0 Å². The number of oxime groups is 1. The standard InChI is InChI=1S/C5H10N2O/c1-3-2-4(3)5(6)7-8/h3-4,8H,2H2,1H3,(H2,6,7)/t3-,4-/m0/s1. The second-order valence-corrected chi connectivity index (χ2v) is 2.34. The van der Waals surface area contributed by atoms with Gasteiger partial charge in [0.05, 0.1) is 0 Å². The number of nitrogens with zero attached hydrogens (tertiary/aromatic N) is 1. The van der Waals surface area contributed by atoms with Crippen LogP contribution in [-0.2, 0) is 0 Å². The molecule has 0 unspecified atom stereocenters. The van der Waals surface area contributed by atoms with E-state index in [1.54, 1.807) is 0 Å². The Labute approximate surface area is 48.2 Å². The Morgan fingerprint density at radius 3 is 2.50 bits per heavy atom. The Kier molecular flexibility index (Phi) is 1.12. The molecule has 1 rings (SSSR count). The zero-order chi connectivity index (χ0) is 6.15. The van der Waals surface area contributed by atoms with Gasteiger partial charge in [0.1, 0.15) is 5.84 Å². The lowest BCUT2D eigenvalue weighted by Gasteiger charge is -1.88. The van der Waals surface area contributed by atoms with Gasteiger partial charge in [0.25, 0.3) is 0 Å². The van der Waals surface area contributed by atoms with Gasteiger partial charge in [0.15, 0.2) is 0 Å². The number of hydrogen-bond donors (Lipinski definition) is 2. The quantitative estimate of drug-likeness (QED) is 0.224. The fourth-order valence-electron chi connectivity index (χ4n) is 0.808. The minimum Gasteiger partial charge on any atom is -0.409 e. The lowest BCUT2D eigenvalue weighted by atomic mass is 10.3. The van der Waals surface area contributed by atoms with Gasteiger partial charge in [-0.25, -0.2) is 0 Å². The van der Waals surface area contributed by atoms with Crippen LogP contribution < -0.4 is 5.73 Å². The highest BCUT2D eigenvalue weighted by atomic mass is 16.4. The highest BCUT2D eigenvalue weighted by Crippen LogP contribution is 2.37. The summed E-state index contributed by atoms with van der Waals surface area (Å²) in [5.74, 6) is 1.38. The average Bonchev–Trinajstić information content (AvgIpc) is 2.45. The van der Waals surface area contributed by atoms with Gasteiger partial charge in [-0.15, -0.1) is 0 Å². The number of amidine groups is 1. The lowest BCUT2D eigenvalue weighted by Crippen LogP contribution is -2.14. The van der Waals surface area contributed by atoms with Crippen LogP contribution in [0.4, 0.5) is 0 Å². The number of nitrogens with two attached hydrogens (primary N) is 1. The van der Waals surface area contributed by atoms with Crippen molar-refractivity contribution in [1.82, 2.24) is 0 Å². The van der Waals surface area contributed by atoms with Crippen molar-refractivity contribution in [2.75, 3.05) is 0 Å². The van der Waals surface area contributed by atoms with Gasteiger partial charge >= 0.3 is 0 Å². The number of rotatable bonds is 1. The Morgan fingerprint density at radius 2 is 2.38 bits per heavy atom. The van der Waals surface area contributed by atoms with Crippen LogP contribution in [0.25, 0.3) is 0 Å². The largest absolute Gasteiger partial charge is 0.409 e. The molecule has 2 atom stereocenters. The van der Waals surface area contributed by atoms with E-state index in [-0.39, 0.29) is 0 Å². The first-order valence-electron chi connectivity index (χ1n) is 2.73. The molecule has 1 fully saturated rings. The topological polar surface area (TPSA) is 58.6 Å². The SMILES string of the molecule is C[C@H]1C[C@@H]1/C(N)=N\O. The monoisotopic (exact) mass is 114 g/mol. The van der Waals surface area contributed by atoms with Gasteiger partial charge in [-0.1, -0.05) is 12.1 Å². The Morgan fingerprint density at radius 1 is 1.88 bits per heavy atom. The third kappa shape index (κ3) is 0.757. The normalized spacial score (nSPS) is 37.4. The van der Waals surface area contributed by atoms with E-state index in [2.05, 4.69) is 12.1 Å². The van der Waals surface area contributed by atoms with Gasteiger partial charge in [0, 0.05) is 5.92 Å². The molecule has 1 aliphatic rings. The van der Waals surface area contributed by atoms with Crippen molar-refractivity contribution in [2.45, 2.75) is 13.3 Å². The van der Waals surface area contributed by atoms with E-state index in [0.717, 1.165) is 6.42 Å². The smallest absolute Gasteiger partial charge is 0.142 e. The molecule has 0 aromatic heterocycles. The van der Waals surface area contributed by atoms with E-state index in [0.29, 0.717) is 17.7 Å². The molecule has 8 heavy (non-hydrogen) atoms. The van der Waals surface area contributed by atoms with E-state index in [1.807, 2.05) is 0 Å². The summed E-state index contributed by atoms with van der Waals surface area (Å²) in [6.45, 7) is 2.09. The molecule has 0 aliphatic heterocycles. The second-order valence-electron chi connectivity index (χ2n) is 2.34.